The lowest BCUT2D eigenvalue weighted by Gasteiger charge is -2.29. The Bertz CT molecular complexity index is 246. The van der Waals surface area contributed by atoms with E-state index in [4.69, 9.17) is 25.7 Å². The summed E-state index contributed by atoms with van der Waals surface area (Å²) in [6.07, 6.45) is 3.74. The largest absolute Gasteiger partial charge is 0.379 e. The highest BCUT2D eigenvalue weighted by atomic mass is 16.5. The van der Waals surface area contributed by atoms with Crippen LogP contribution in [0.15, 0.2) is 0 Å². The Balaban J connectivity index is 3.71. The Morgan fingerprint density at radius 3 is 1.86 bits per heavy atom. The third-order valence-electron chi connectivity index (χ3n) is 3.39. The summed E-state index contributed by atoms with van der Waals surface area (Å²) in [6, 6.07) is 0. The van der Waals surface area contributed by atoms with Crippen molar-refractivity contribution in [3.05, 3.63) is 0 Å². The molecular weight excluding hydrogens is 268 g/mol. The van der Waals surface area contributed by atoms with E-state index in [0.29, 0.717) is 39.5 Å². The first kappa shape index (κ1) is 20.8. The van der Waals surface area contributed by atoms with Crippen molar-refractivity contribution in [2.45, 2.75) is 64.6 Å². The predicted molar refractivity (Wildman–Crippen MR) is 87.5 cm³/mol. The van der Waals surface area contributed by atoms with Gasteiger partial charge in [0, 0.05) is 6.61 Å². The Morgan fingerprint density at radius 1 is 0.667 bits per heavy atom. The van der Waals surface area contributed by atoms with Crippen LogP contribution < -0.4 is 11.5 Å². The molecule has 0 aliphatic heterocycles. The van der Waals surface area contributed by atoms with Crippen molar-refractivity contribution in [1.29, 1.82) is 0 Å². The third kappa shape index (κ3) is 13.2. The zero-order valence-corrected chi connectivity index (χ0v) is 14.5. The second-order valence-electron chi connectivity index (χ2n) is 6.61. The van der Waals surface area contributed by atoms with Crippen LogP contribution in [-0.2, 0) is 14.2 Å². The van der Waals surface area contributed by atoms with Crippen LogP contribution in [0.1, 0.15) is 53.4 Å². The van der Waals surface area contributed by atoms with Crippen molar-refractivity contribution in [3.8, 4) is 0 Å². The third-order valence-corrected chi connectivity index (χ3v) is 3.39. The number of hydrogen-bond donors (Lipinski definition) is 2. The van der Waals surface area contributed by atoms with E-state index in [1.165, 1.54) is 0 Å². The molecule has 0 saturated heterocycles. The van der Waals surface area contributed by atoms with E-state index >= 15 is 0 Å². The molecule has 0 aliphatic rings. The Hall–Kier alpha value is -0.200. The van der Waals surface area contributed by atoms with E-state index in [1.807, 2.05) is 0 Å². The van der Waals surface area contributed by atoms with Gasteiger partial charge in [-0.05, 0) is 66.5 Å². The highest BCUT2D eigenvalue weighted by Gasteiger charge is 2.22. The summed E-state index contributed by atoms with van der Waals surface area (Å²) < 4.78 is 17.2. The van der Waals surface area contributed by atoms with E-state index in [-0.39, 0.29) is 11.2 Å². The van der Waals surface area contributed by atoms with Crippen molar-refractivity contribution < 1.29 is 14.2 Å². The lowest BCUT2D eigenvalue weighted by molar-refractivity contribution is -0.0848. The van der Waals surface area contributed by atoms with Gasteiger partial charge in [0.05, 0.1) is 31.0 Å². The van der Waals surface area contributed by atoms with Gasteiger partial charge in [0.2, 0.25) is 0 Å². The van der Waals surface area contributed by atoms with Gasteiger partial charge in [0.25, 0.3) is 0 Å². The molecule has 0 radical (unpaired) electrons. The van der Waals surface area contributed by atoms with Crippen LogP contribution >= 0.6 is 0 Å². The lowest BCUT2D eigenvalue weighted by atomic mass is 10.0. The van der Waals surface area contributed by atoms with Crippen LogP contribution in [0.4, 0.5) is 0 Å². The number of hydrogen-bond acceptors (Lipinski definition) is 5. The normalized spacial score (nSPS) is 12.9. The minimum absolute atomic E-state index is 0.110. The van der Waals surface area contributed by atoms with Gasteiger partial charge in [-0.25, -0.2) is 0 Å². The molecule has 0 heterocycles. The monoisotopic (exact) mass is 304 g/mol. The van der Waals surface area contributed by atoms with Crippen molar-refractivity contribution in [1.82, 2.24) is 0 Å². The minimum atomic E-state index is -0.193. The molecule has 5 heteroatoms. The van der Waals surface area contributed by atoms with E-state index in [0.717, 1.165) is 25.7 Å². The van der Waals surface area contributed by atoms with Gasteiger partial charge in [0.1, 0.15) is 0 Å². The molecule has 0 aromatic rings. The standard InChI is InChI=1S/C16H36N2O3/c1-15(2,7-5-9-17)20-12-8-16(3,4)21-14-13-19-11-6-10-18/h5-14,17-18H2,1-4H3. The van der Waals surface area contributed by atoms with Gasteiger partial charge >= 0.3 is 0 Å². The average molecular weight is 304 g/mol. The summed E-state index contributed by atoms with van der Waals surface area (Å²) in [5.74, 6) is 0. The summed E-state index contributed by atoms with van der Waals surface area (Å²) in [6.45, 7) is 12.4. The van der Waals surface area contributed by atoms with Gasteiger partial charge in [0.15, 0.2) is 0 Å². The molecule has 0 amide bonds. The highest BCUT2D eigenvalue weighted by Crippen LogP contribution is 2.20. The molecule has 4 N–H and O–H groups in total. The van der Waals surface area contributed by atoms with Crippen LogP contribution in [0.3, 0.4) is 0 Å². The molecule has 0 saturated carbocycles. The molecule has 0 unspecified atom stereocenters. The van der Waals surface area contributed by atoms with Gasteiger partial charge in [-0.3, -0.25) is 0 Å². The van der Waals surface area contributed by atoms with Crippen molar-refractivity contribution in [2.75, 3.05) is 39.5 Å². The zero-order chi connectivity index (χ0) is 16.2. The topological polar surface area (TPSA) is 79.7 Å². The molecule has 0 bridgehead atoms. The van der Waals surface area contributed by atoms with E-state index in [9.17, 15) is 0 Å². The smallest absolute Gasteiger partial charge is 0.0707 e. The van der Waals surface area contributed by atoms with Gasteiger partial charge in [-0.2, -0.15) is 0 Å². The van der Waals surface area contributed by atoms with Crippen LogP contribution in [-0.4, -0.2) is 50.7 Å². The average Bonchev–Trinajstić information content (AvgIpc) is 2.40. The summed E-state index contributed by atoms with van der Waals surface area (Å²) in [5.41, 5.74) is 10.6. The van der Waals surface area contributed by atoms with Crippen LogP contribution in [0.25, 0.3) is 0 Å². The van der Waals surface area contributed by atoms with Gasteiger partial charge < -0.3 is 25.7 Å². The summed E-state index contributed by atoms with van der Waals surface area (Å²) in [4.78, 5) is 0. The molecule has 0 fully saturated rings. The van der Waals surface area contributed by atoms with Crippen LogP contribution in [0.2, 0.25) is 0 Å². The number of nitrogens with two attached hydrogens (primary N) is 2. The molecular formula is C16H36N2O3. The zero-order valence-electron chi connectivity index (χ0n) is 14.5. The maximum absolute atomic E-state index is 5.95. The molecule has 0 spiro atoms. The first-order chi connectivity index (χ1) is 9.83. The maximum Gasteiger partial charge on any atom is 0.0707 e. The summed E-state index contributed by atoms with van der Waals surface area (Å²) in [7, 11) is 0. The minimum Gasteiger partial charge on any atom is -0.379 e. The summed E-state index contributed by atoms with van der Waals surface area (Å²) >= 11 is 0. The van der Waals surface area contributed by atoms with Crippen molar-refractivity contribution >= 4 is 0 Å². The quantitative estimate of drug-likeness (QED) is 0.480. The van der Waals surface area contributed by atoms with Crippen molar-refractivity contribution in [2.24, 2.45) is 11.5 Å². The molecule has 0 atom stereocenters. The molecule has 21 heavy (non-hydrogen) atoms. The van der Waals surface area contributed by atoms with Crippen LogP contribution in [0, 0.1) is 0 Å². The fourth-order valence-electron chi connectivity index (χ4n) is 1.91. The molecule has 0 aliphatic carbocycles. The molecule has 0 rings (SSSR count). The Labute approximate surface area is 130 Å². The first-order valence-corrected chi connectivity index (χ1v) is 8.09. The molecule has 0 aromatic heterocycles. The first-order valence-electron chi connectivity index (χ1n) is 8.09. The van der Waals surface area contributed by atoms with E-state index in [1.54, 1.807) is 0 Å². The van der Waals surface area contributed by atoms with E-state index in [2.05, 4.69) is 27.7 Å². The second-order valence-corrected chi connectivity index (χ2v) is 6.61. The van der Waals surface area contributed by atoms with Crippen LogP contribution in [0.5, 0.6) is 0 Å². The number of rotatable bonds is 14. The number of ether oxygens (including phenoxy) is 3. The summed E-state index contributed by atoms with van der Waals surface area (Å²) in [5, 5.41) is 0. The Morgan fingerprint density at radius 2 is 1.24 bits per heavy atom. The molecule has 128 valence electrons. The fourth-order valence-corrected chi connectivity index (χ4v) is 1.91. The predicted octanol–water partition coefficient (Wildman–Crippen LogP) is 2.07. The molecule has 5 nitrogen and oxygen atoms in total. The maximum atomic E-state index is 5.95. The van der Waals surface area contributed by atoms with Crippen molar-refractivity contribution in [3.63, 3.8) is 0 Å². The highest BCUT2D eigenvalue weighted by molar-refractivity contribution is 4.72. The van der Waals surface area contributed by atoms with Gasteiger partial charge in [-0.1, -0.05) is 0 Å². The molecule has 0 aromatic carbocycles. The SMILES string of the molecule is CC(C)(CCCN)OCCC(C)(C)OCCOCCCN. The fraction of sp³-hybridized carbons (Fsp3) is 1.00. The second kappa shape index (κ2) is 11.4. The van der Waals surface area contributed by atoms with Gasteiger partial charge in [-0.15, -0.1) is 0 Å². The van der Waals surface area contributed by atoms with E-state index < -0.39 is 0 Å². The lowest BCUT2D eigenvalue weighted by Crippen LogP contribution is -2.32. The Kier molecular flexibility index (Phi) is 11.3.